The molecule has 0 saturated carbocycles. The van der Waals surface area contributed by atoms with Crippen LogP contribution >= 0.6 is 0 Å². The van der Waals surface area contributed by atoms with Crippen LogP contribution in [0.4, 0.5) is 0 Å². The molecular formula is C10H19NO3. The molecule has 0 aromatic carbocycles. The highest BCUT2D eigenvalue weighted by Crippen LogP contribution is 2.09. The molecule has 0 aliphatic rings. The zero-order valence-corrected chi connectivity index (χ0v) is 9.51. The minimum Gasteiger partial charge on any atom is -0.459 e. The Morgan fingerprint density at radius 2 is 1.86 bits per heavy atom. The Balaban J connectivity index is 4.25. The fourth-order valence-electron chi connectivity index (χ4n) is 0.964. The van der Waals surface area contributed by atoms with Crippen molar-refractivity contribution in [2.75, 3.05) is 7.05 Å². The van der Waals surface area contributed by atoms with Crippen molar-refractivity contribution >= 4 is 11.8 Å². The molecule has 0 aliphatic heterocycles. The minimum atomic E-state index is -0.535. The molecule has 0 spiro atoms. The first-order chi connectivity index (χ1) is 6.26. The number of ketones is 1. The van der Waals surface area contributed by atoms with Crippen LogP contribution in [0.5, 0.6) is 0 Å². The number of likely N-dealkylation sites (N-methyl/N-ethyl adjacent to an activating group) is 1. The zero-order valence-electron chi connectivity index (χ0n) is 9.51. The number of carbonyl (C=O) groups excluding carboxylic acids is 2. The largest absolute Gasteiger partial charge is 0.459 e. The monoisotopic (exact) mass is 201 g/mol. The fraction of sp³-hybridized carbons (Fsp3) is 0.800. The summed E-state index contributed by atoms with van der Waals surface area (Å²) in [6, 6.07) is -0.535. The molecule has 0 aromatic heterocycles. The van der Waals surface area contributed by atoms with Crippen LogP contribution in [-0.4, -0.2) is 30.4 Å². The average molecular weight is 201 g/mol. The Morgan fingerprint density at radius 3 is 2.14 bits per heavy atom. The molecule has 0 saturated heterocycles. The summed E-state index contributed by atoms with van der Waals surface area (Å²) in [7, 11) is 1.64. The zero-order chi connectivity index (χ0) is 11.4. The van der Waals surface area contributed by atoms with E-state index >= 15 is 0 Å². The van der Waals surface area contributed by atoms with Crippen molar-refractivity contribution in [3.8, 4) is 0 Å². The van der Waals surface area contributed by atoms with Crippen molar-refractivity contribution in [3.05, 3.63) is 0 Å². The van der Waals surface area contributed by atoms with Gasteiger partial charge in [-0.1, -0.05) is 0 Å². The van der Waals surface area contributed by atoms with E-state index in [1.807, 2.05) is 0 Å². The van der Waals surface area contributed by atoms with Gasteiger partial charge in [0, 0.05) is 6.42 Å². The number of esters is 1. The van der Waals surface area contributed by atoms with Gasteiger partial charge >= 0.3 is 5.97 Å². The van der Waals surface area contributed by atoms with Crippen LogP contribution in [0.2, 0.25) is 0 Å². The van der Waals surface area contributed by atoms with Crippen LogP contribution in [0.15, 0.2) is 0 Å². The van der Waals surface area contributed by atoms with E-state index in [0.29, 0.717) is 0 Å². The number of nitrogens with one attached hydrogen (secondary N) is 1. The van der Waals surface area contributed by atoms with E-state index in [2.05, 4.69) is 5.32 Å². The lowest BCUT2D eigenvalue weighted by Crippen LogP contribution is -2.40. The lowest BCUT2D eigenvalue weighted by molar-refractivity contribution is -0.158. The molecule has 82 valence electrons. The van der Waals surface area contributed by atoms with Gasteiger partial charge in [0.25, 0.3) is 0 Å². The first-order valence-electron chi connectivity index (χ1n) is 4.66. The molecule has 1 unspecified atom stereocenters. The molecule has 0 radical (unpaired) electrons. The smallest absolute Gasteiger partial charge is 0.324 e. The standard InChI is InChI=1S/C10H19NO3/c1-7(12)6-8(11-5)9(13)14-10(2,3)4/h8,11H,6H2,1-5H3. The molecule has 0 heterocycles. The van der Waals surface area contributed by atoms with Crippen LogP contribution in [0, 0.1) is 0 Å². The third kappa shape index (κ3) is 5.70. The van der Waals surface area contributed by atoms with E-state index in [0.717, 1.165) is 0 Å². The van der Waals surface area contributed by atoms with E-state index in [4.69, 9.17) is 4.74 Å². The summed E-state index contributed by atoms with van der Waals surface area (Å²) in [6.07, 6.45) is 0.172. The van der Waals surface area contributed by atoms with Gasteiger partial charge < -0.3 is 10.1 Å². The van der Waals surface area contributed by atoms with Crippen molar-refractivity contribution in [1.82, 2.24) is 5.32 Å². The van der Waals surface area contributed by atoms with E-state index in [9.17, 15) is 9.59 Å². The van der Waals surface area contributed by atoms with Gasteiger partial charge in [-0.25, -0.2) is 0 Å². The number of hydrogen-bond acceptors (Lipinski definition) is 4. The molecule has 14 heavy (non-hydrogen) atoms. The van der Waals surface area contributed by atoms with E-state index in [1.54, 1.807) is 27.8 Å². The summed E-state index contributed by atoms with van der Waals surface area (Å²) in [5.41, 5.74) is -0.511. The van der Waals surface area contributed by atoms with Gasteiger partial charge in [-0.15, -0.1) is 0 Å². The fourth-order valence-corrected chi connectivity index (χ4v) is 0.964. The molecule has 0 aromatic rings. The Bertz CT molecular complexity index is 218. The highest BCUT2D eigenvalue weighted by molar-refractivity contribution is 5.85. The maximum Gasteiger partial charge on any atom is 0.324 e. The number of Topliss-reactive ketones (excluding diaryl/α,β-unsaturated/α-hetero) is 1. The van der Waals surface area contributed by atoms with E-state index in [1.165, 1.54) is 6.92 Å². The van der Waals surface area contributed by atoms with Gasteiger partial charge in [0.1, 0.15) is 17.4 Å². The van der Waals surface area contributed by atoms with Crippen LogP contribution in [-0.2, 0) is 14.3 Å². The predicted octanol–water partition coefficient (Wildman–Crippen LogP) is 0.895. The molecule has 0 rings (SSSR count). The van der Waals surface area contributed by atoms with Crippen molar-refractivity contribution in [1.29, 1.82) is 0 Å². The van der Waals surface area contributed by atoms with Crippen molar-refractivity contribution in [2.24, 2.45) is 0 Å². The maximum absolute atomic E-state index is 11.5. The molecule has 0 aliphatic carbocycles. The highest BCUT2D eigenvalue weighted by atomic mass is 16.6. The summed E-state index contributed by atoms with van der Waals surface area (Å²) in [4.78, 5) is 22.3. The van der Waals surface area contributed by atoms with Gasteiger partial charge in [-0.2, -0.15) is 0 Å². The van der Waals surface area contributed by atoms with Crippen LogP contribution in [0.1, 0.15) is 34.1 Å². The Labute approximate surface area is 85.0 Å². The Hall–Kier alpha value is -0.900. The van der Waals surface area contributed by atoms with Gasteiger partial charge in [0.15, 0.2) is 0 Å². The van der Waals surface area contributed by atoms with Crippen molar-refractivity contribution in [2.45, 2.75) is 45.8 Å². The Morgan fingerprint density at radius 1 is 1.36 bits per heavy atom. The second-order valence-electron chi connectivity index (χ2n) is 4.28. The topological polar surface area (TPSA) is 55.4 Å². The SMILES string of the molecule is CNC(CC(C)=O)C(=O)OC(C)(C)C. The molecule has 1 atom stereocenters. The number of rotatable bonds is 4. The summed E-state index contributed by atoms with van der Waals surface area (Å²) < 4.78 is 5.14. The van der Waals surface area contributed by atoms with E-state index < -0.39 is 11.6 Å². The lowest BCUT2D eigenvalue weighted by atomic mass is 10.1. The summed E-state index contributed by atoms with van der Waals surface area (Å²) in [5.74, 6) is -0.412. The maximum atomic E-state index is 11.5. The summed E-state index contributed by atoms with van der Waals surface area (Å²) >= 11 is 0. The molecule has 4 nitrogen and oxygen atoms in total. The summed E-state index contributed by atoms with van der Waals surface area (Å²) in [5, 5.41) is 2.76. The molecular weight excluding hydrogens is 182 g/mol. The molecule has 1 N–H and O–H groups in total. The van der Waals surface area contributed by atoms with Gasteiger partial charge in [0.2, 0.25) is 0 Å². The van der Waals surface area contributed by atoms with Gasteiger partial charge in [-0.05, 0) is 34.7 Å². The van der Waals surface area contributed by atoms with Gasteiger partial charge in [-0.3, -0.25) is 9.59 Å². The molecule has 4 heteroatoms. The van der Waals surface area contributed by atoms with E-state index in [-0.39, 0.29) is 18.2 Å². The highest BCUT2D eigenvalue weighted by Gasteiger charge is 2.24. The number of hydrogen-bond donors (Lipinski definition) is 1. The number of carbonyl (C=O) groups is 2. The van der Waals surface area contributed by atoms with Crippen LogP contribution in [0.3, 0.4) is 0 Å². The third-order valence-electron chi connectivity index (χ3n) is 1.53. The quantitative estimate of drug-likeness (QED) is 0.686. The predicted molar refractivity (Wildman–Crippen MR) is 54.0 cm³/mol. The second kappa shape index (κ2) is 5.10. The van der Waals surface area contributed by atoms with Crippen LogP contribution in [0.25, 0.3) is 0 Å². The number of ether oxygens (including phenoxy) is 1. The lowest BCUT2D eigenvalue weighted by Gasteiger charge is -2.23. The van der Waals surface area contributed by atoms with Gasteiger partial charge in [0.05, 0.1) is 0 Å². The first-order valence-corrected chi connectivity index (χ1v) is 4.66. The normalized spacial score (nSPS) is 13.5. The molecule has 0 bridgehead atoms. The van der Waals surface area contributed by atoms with Crippen molar-refractivity contribution < 1.29 is 14.3 Å². The molecule has 0 fully saturated rings. The average Bonchev–Trinajstić information content (AvgIpc) is 1.96. The molecule has 0 amide bonds. The van der Waals surface area contributed by atoms with Crippen LogP contribution < -0.4 is 5.32 Å². The first kappa shape index (κ1) is 13.1. The third-order valence-corrected chi connectivity index (χ3v) is 1.53. The summed E-state index contributed by atoms with van der Waals surface area (Å²) in [6.45, 7) is 6.84. The van der Waals surface area contributed by atoms with Crippen molar-refractivity contribution in [3.63, 3.8) is 0 Å². The Kier molecular flexibility index (Phi) is 4.77. The second-order valence-corrected chi connectivity index (χ2v) is 4.28. The minimum absolute atomic E-state index is 0.0322.